The van der Waals surface area contributed by atoms with Crippen molar-refractivity contribution in [2.45, 2.75) is 53.4 Å². The van der Waals surface area contributed by atoms with Crippen molar-refractivity contribution in [2.24, 2.45) is 29.6 Å². The van der Waals surface area contributed by atoms with E-state index in [-0.39, 0.29) is 18.8 Å². The molecule has 22 heavy (non-hydrogen) atoms. The van der Waals surface area contributed by atoms with Crippen LogP contribution < -0.4 is 0 Å². The van der Waals surface area contributed by atoms with Gasteiger partial charge in [-0.25, -0.2) is 0 Å². The van der Waals surface area contributed by atoms with Crippen LogP contribution in [0.1, 0.15) is 53.4 Å². The Morgan fingerprint density at radius 1 is 0.818 bits per heavy atom. The molecular formula is C16H28O6. The molecule has 5 atom stereocenters. The van der Waals surface area contributed by atoms with Gasteiger partial charge in [-0.05, 0) is 30.6 Å². The van der Waals surface area contributed by atoms with Gasteiger partial charge in [-0.15, -0.1) is 0 Å². The molecule has 6 heteroatoms. The zero-order chi connectivity index (χ0) is 17.4. The number of rotatable bonds is 11. The summed E-state index contributed by atoms with van der Waals surface area (Å²) in [5, 5.41) is 27.5. The molecule has 0 bridgehead atoms. The molecule has 128 valence electrons. The summed E-state index contributed by atoms with van der Waals surface area (Å²) >= 11 is 0. The summed E-state index contributed by atoms with van der Waals surface area (Å²) in [5.74, 6) is -4.99. The van der Waals surface area contributed by atoms with E-state index in [9.17, 15) is 24.6 Å². The summed E-state index contributed by atoms with van der Waals surface area (Å²) in [6.07, 6.45) is 1.04. The third-order valence-corrected chi connectivity index (χ3v) is 4.66. The first kappa shape index (κ1) is 20.4. The van der Waals surface area contributed by atoms with Crippen molar-refractivity contribution in [3.05, 3.63) is 0 Å². The number of carboxylic acids is 3. The Labute approximate surface area is 131 Å². The normalized spacial score (nSPS) is 18.0. The fourth-order valence-electron chi connectivity index (χ4n) is 2.68. The van der Waals surface area contributed by atoms with Crippen LogP contribution in [-0.2, 0) is 14.4 Å². The Kier molecular flexibility index (Phi) is 8.75. The van der Waals surface area contributed by atoms with Gasteiger partial charge >= 0.3 is 17.9 Å². The molecule has 6 nitrogen and oxygen atoms in total. The molecule has 0 heterocycles. The second-order valence-electron chi connectivity index (χ2n) is 6.39. The first-order chi connectivity index (χ1) is 10.1. The summed E-state index contributed by atoms with van der Waals surface area (Å²) in [6, 6.07) is 0. The smallest absolute Gasteiger partial charge is 0.306 e. The van der Waals surface area contributed by atoms with E-state index in [2.05, 4.69) is 0 Å². The first-order valence-corrected chi connectivity index (χ1v) is 7.77. The topological polar surface area (TPSA) is 112 Å². The van der Waals surface area contributed by atoms with Crippen molar-refractivity contribution in [3.8, 4) is 0 Å². The molecule has 0 aromatic heterocycles. The lowest BCUT2D eigenvalue weighted by Crippen LogP contribution is -2.30. The lowest BCUT2D eigenvalue weighted by atomic mass is 9.78. The quantitative estimate of drug-likeness (QED) is 0.540. The molecule has 0 aromatic carbocycles. The minimum atomic E-state index is -1.13. The molecule has 0 saturated heterocycles. The average Bonchev–Trinajstić information content (AvgIpc) is 2.40. The largest absolute Gasteiger partial charge is 0.481 e. The highest BCUT2D eigenvalue weighted by Crippen LogP contribution is 2.30. The van der Waals surface area contributed by atoms with E-state index >= 15 is 0 Å². The SMILES string of the molecule is CCC(C)C(C)CC(CC(C(=O)O)C(C)CC(=O)O)C(=O)O. The second-order valence-corrected chi connectivity index (χ2v) is 6.39. The average molecular weight is 316 g/mol. The summed E-state index contributed by atoms with van der Waals surface area (Å²) in [5.41, 5.74) is 0. The highest BCUT2D eigenvalue weighted by atomic mass is 16.4. The van der Waals surface area contributed by atoms with E-state index in [1.807, 2.05) is 20.8 Å². The molecule has 3 N–H and O–H groups in total. The van der Waals surface area contributed by atoms with Crippen LogP contribution in [0.5, 0.6) is 0 Å². The number of hydrogen-bond donors (Lipinski definition) is 3. The first-order valence-electron chi connectivity index (χ1n) is 7.77. The molecule has 0 aliphatic carbocycles. The minimum Gasteiger partial charge on any atom is -0.481 e. The molecular weight excluding hydrogens is 288 g/mol. The van der Waals surface area contributed by atoms with Gasteiger partial charge in [-0.1, -0.05) is 34.1 Å². The van der Waals surface area contributed by atoms with Gasteiger partial charge in [0, 0.05) is 6.42 Å². The molecule has 0 saturated carbocycles. The molecule has 0 rings (SSSR count). The second kappa shape index (κ2) is 9.43. The lowest BCUT2D eigenvalue weighted by molar-refractivity contribution is -0.148. The number of aliphatic carboxylic acids is 3. The van der Waals surface area contributed by atoms with Crippen LogP contribution in [-0.4, -0.2) is 33.2 Å². The van der Waals surface area contributed by atoms with Crippen molar-refractivity contribution in [2.75, 3.05) is 0 Å². The third kappa shape index (κ3) is 6.91. The molecule has 0 amide bonds. The maximum atomic E-state index is 11.4. The number of carboxylic acid groups (broad SMARTS) is 3. The van der Waals surface area contributed by atoms with Crippen LogP contribution in [0, 0.1) is 29.6 Å². The third-order valence-electron chi connectivity index (χ3n) is 4.66. The Hall–Kier alpha value is -1.59. The highest BCUT2D eigenvalue weighted by molar-refractivity contribution is 5.75. The molecule has 0 aliphatic heterocycles. The fraction of sp³-hybridized carbons (Fsp3) is 0.812. The van der Waals surface area contributed by atoms with Crippen molar-refractivity contribution in [1.29, 1.82) is 0 Å². The highest BCUT2D eigenvalue weighted by Gasteiger charge is 2.33. The van der Waals surface area contributed by atoms with E-state index in [0.717, 1.165) is 6.42 Å². The van der Waals surface area contributed by atoms with Gasteiger partial charge < -0.3 is 15.3 Å². The minimum absolute atomic E-state index is 0.0279. The molecule has 5 unspecified atom stereocenters. The van der Waals surface area contributed by atoms with Gasteiger partial charge in [0.25, 0.3) is 0 Å². The van der Waals surface area contributed by atoms with Crippen LogP contribution in [0.4, 0.5) is 0 Å². The van der Waals surface area contributed by atoms with Gasteiger partial charge in [0.15, 0.2) is 0 Å². The van der Waals surface area contributed by atoms with E-state index < -0.39 is 35.7 Å². The maximum absolute atomic E-state index is 11.4. The van der Waals surface area contributed by atoms with Crippen molar-refractivity contribution in [3.63, 3.8) is 0 Å². The van der Waals surface area contributed by atoms with E-state index in [0.29, 0.717) is 12.3 Å². The molecule has 0 spiro atoms. The van der Waals surface area contributed by atoms with Gasteiger partial charge in [0.05, 0.1) is 11.8 Å². The predicted molar refractivity (Wildman–Crippen MR) is 81.5 cm³/mol. The van der Waals surface area contributed by atoms with Crippen molar-refractivity contribution in [1.82, 2.24) is 0 Å². The summed E-state index contributed by atoms with van der Waals surface area (Å²) < 4.78 is 0. The summed E-state index contributed by atoms with van der Waals surface area (Å²) in [6.45, 7) is 7.60. The Morgan fingerprint density at radius 3 is 1.73 bits per heavy atom. The van der Waals surface area contributed by atoms with E-state index in [4.69, 9.17) is 5.11 Å². The molecule has 0 radical (unpaired) electrons. The van der Waals surface area contributed by atoms with Crippen LogP contribution in [0.2, 0.25) is 0 Å². The molecule has 0 aliphatic rings. The van der Waals surface area contributed by atoms with Gasteiger partial charge in [-0.2, -0.15) is 0 Å². The maximum Gasteiger partial charge on any atom is 0.306 e. The molecule has 0 aromatic rings. The lowest BCUT2D eigenvalue weighted by Gasteiger charge is -2.26. The molecule has 0 fully saturated rings. The van der Waals surface area contributed by atoms with E-state index in [1.165, 1.54) is 0 Å². The number of carbonyl (C=O) groups is 3. The van der Waals surface area contributed by atoms with Gasteiger partial charge in [-0.3, -0.25) is 14.4 Å². The Bertz CT molecular complexity index is 392. The summed E-state index contributed by atoms with van der Waals surface area (Å²) in [7, 11) is 0. The zero-order valence-electron chi connectivity index (χ0n) is 13.8. The van der Waals surface area contributed by atoms with Gasteiger partial charge in [0.1, 0.15) is 0 Å². The fourth-order valence-corrected chi connectivity index (χ4v) is 2.68. The Balaban J connectivity index is 4.97. The number of hydrogen-bond acceptors (Lipinski definition) is 3. The van der Waals surface area contributed by atoms with Crippen LogP contribution in [0.15, 0.2) is 0 Å². The summed E-state index contributed by atoms with van der Waals surface area (Å²) in [4.78, 5) is 33.6. The van der Waals surface area contributed by atoms with Crippen molar-refractivity contribution < 1.29 is 29.7 Å². The van der Waals surface area contributed by atoms with Crippen LogP contribution in [0.3, 0.4) is 0 Å². The van der Waals surface area contributed by atoms with E-state index in [1.54, 1.807) is 6.92 Å². The van der Waals surface area contributed by atoms with Crippen LogP contribution in [0.25, 0.3) is 0 Å². The standard InChI is InChI=1S/C16H28O6/c1-5-9(2)10(3)6-12(15(19)20)8-13(16(21)22)11(4)7-14(17)18/h9-13H,5-8H2,1-4H3,(H,17,18)(H,19,20)(H,21,22). The monoisotopic (exact) mass is 316 g/mol. The van der Waals surface area contributed by atoms with Crippen LogP contribution >= 0.6 is 0 Å². The van der Waals surface area contributed by atoms with Crippen molar-refractivity contribution >= 4 is 17.9 Å². The zero-order valence-corrected chi connectivity index (χ0v) is 13.8. The predicted octanol–water partition coefficient (Wildman–Crippen LogP) is 2.96. The Morgan fingerprint density at radius 2 is 1.36 bits per heavy atom. The van der Waals surface area contributed by atoms with Gasteiger partial charge in [0.2, 0.25) is 0 Å².